The minimum absolute atomic E-state index is 0.140. The largest absolute Gasteiger partial charge is 0.478 e. The molecular weight excluding hydrogens is 281 g/mol. The van der Waals surface area contributed by atoms with Crippen molar-refractivity contribution in [2.24, 2.45) is 0 Å². The number of hydrogen-bond acceptors (Lipinski definition) is 2. The first-order chi connectivity index (χ1) is 6.16. The first-order valence-electron chi connectivity index (χ1n) is 3.54. The van der Waals surface area contributed by atoms with Gasteiger partial charge in [-0.15, -0.1) is 0 Å². The van der Waals surface area contributed by atoms with Crippen LogP contribution in [0.5, 0.6) is 0 Å². The second-order valence-electron chi connectivity index (χ2n) is 2.41. The Labute approximate surface area is 89.1 Å². The van der Waals surface area contributed by atoms with Crippen LogP contribution in [0.15, 0.2) is 18.2 Å². The molecule has 1 N–H and O–H groups in total. The number of hydrogen-bond donors (Lipinski definition) is 1. The van der Waals surface area contributed by atoms with E-state index in [2.05, 4.69) is 0 Å². The summed E-state index contributed by atoms with van der Waals surface area (Å²) in [6, 6.07) is 6.93. The Kier molecular flexibility index (Phi) is 3.25. The maximum atomic E-state index is 10.7. The third-order valence-corrected chi connectivity index (χ3v) is 2.62. The summed E-state index contributed by atoms with van der Waals surface area (Å²) in [5.74, 6) is -0.983. The first-order valence-corrected chi connectivity index (χ1v) is 4.62. The Morgan fingerprint density at radius 1 is 1.62 bits per heavy atom. The van der Waals surface area contributed by atoms with Gasteiger partial charge >= 0.3 is 5.97 Å². The summed E-state index contributed by atoms with van der Waals surface area (Å²) in [4.78, 5) is 10.7. The maximum absolute atomic E-state index is 10.7. The van der Waals surface area contributed by atoms with Crippen molar-refractivity contribution in [3.8, 4) is 6.07 Å². The van der Waals surface area contributed by atoms with E-state index in [1.165, 1.54) is 6.07 Å². The summed E-state index contributed by atoms with van der Waals surface area (Å²) in [6.45, 7) is 0. The topological polar surface area (TPSA) is 61.1 Å². The Morgan fingerprint density at radius 3 is 2.85 bits per heavy atom. The van der Waals surface area contributed by atoms with Crippen LogP contribution < -0.4 is 0 Å². The lowest BCUT2D eigenvalue weighted by Gasteiger charge is -2.03. The maximum Gasteiger partial charge on any atom is 0.336 e. The summed E-state index contributed by atoms with van der Waals surface area (Å²) in [5, 5.41) is 17.3. The fourth-order valence-electron chi connectivity index (χ4n) is 1.02. The lowest BCUT2D eigenvalue weighted by Crippen LogP contribution is -2.03. The van der Waals surface area contributed by atoms with Gasteiger partial charge in [-0.05, 0) is 40.3 Å². The molecule has 0 spiro atoms. The molecule has 0 aliphatic heterocycles. The third-order valence-electron chi connectivity index (χ3n) is 1.61. The Bertz CT molecular complexity index is 382. The predicted molar refractivity (Wildman–Crippen MR) is 55.4 cm³/mol. The summed E-state index contributed by atoms with van der Waals surface area (Å²) in [7, 11) is 0. The van der Waals surface area contributed by atoms with E-state index >= 15 is 0 Å². The molecular formula is C9H6INO2. The molecule has 1 aromatic carbocycles. The standard InChI is InChI=1S/C9H6INO2/c10-8-3-1-2-7(9(12)13)6(8)4-5-11/h1-3H,4H2,(H,12,13). The monoisotopic (exact) mass is 287 g/mol. The normalized spacial score (nSPS) is 9.23. The van der Waals surface area contributed by atoms with Crippen LogP contribution in [-0.4, -0.2) is 11.1 Å². The second-order valence-corrected chi connectivity index (χ2v) is 3.57. The molecule has 0 saturated carbocycles. The molecule has 0 amide bonds. The molecule has 0 atom stereocenters. The van der Waals surface area contributed by atoms with Gasteiger partial charge in [-0.2, -0.15) is 5.26 Å². The van der Waals surface area contributed by atoms with Gasteiger partial charge in [0.05, 0.1) is 18.1 Å². The molecule has 0 aliphatic rings. The fourth-order valence-corrected chi connectivity index (χ4v) is 1.71. The van der Waals surface area contributed by atoms with E-state index in [0.29, 0.717) is 5.56 Å². The van der Waals surface area contributed by atoms with Crippen molar-refractivity contribution in [1.29, 1.82) is 5.26 Å². The zero-order valence-corrected chi connectivity index (χ0v) is 8.78. The molecule has 3 nitrogen and oxygen atoms in total. The molecule has 0 aromatic heterocycles. The second kappa shape index (κ2) is 4.23. The van der Waals surface area contributed by atoms with Gasteiger partial charge < -0.3 is 5.11 Å². The van der Waals surface area contributed by atoms with Crippen LogP contribution in [0.2, 0.25) is 0 Å². The number of benzene rings is 1. The molecule has 0 aliphatic carbocycles. The molecule has 0 bridgehead atoms. The van der Waals surface area contributed by atoms with Gasteiger partial charge in [0.25, 0.3) is 0 Å². The van der Waals surface area contributed by atoms with Crippen LogP contribution in [-0.2, 0) is 6.42 Å². The summed E-state index contributed by atoms with van der Waals surface area (Å²) >= 11 is 2.03. The highest BCUT2D eigenvalue weighted by molar-refractivity contribution is 14.1. The van der Waals surface area contributed by atoms with Gasteiger partial charge in [-0.1, -0.05) is 6.07 Å². The van der Waals surface area contributed by atoms with Crippen molar-refractivity contribution in [3.05, 3.63) is 32.9 Å². The van der Waals surface area contributed by atoms with Crippen LogP contribution in [0.25, 0.3) is 0 Å². The van der Waals surface area contributed by atoms with E-state index in [1.54, 1.807) is 12.1 Å². The number of rotatable bonds is 2. The molecule has 1 aromatic rings. The number of carbonyl (C=O) groups is 1. The molecule has 13 heavy (non-hydrogen) atoms. The van der Waals surface area contributed by atoms with Crippen LogP contribution in [0, 0.1) is 14.9 Å². The van der Waals surface area contributed by atoms with Crippen molar-refractivity contribution in [2.75, 3.05) is 0 Å². The van der Waals surface area contributed by atoms with Gasteiger partial charge in [0.15, 0.2) is 0 Å². The molecule has 0 unspecified atom stereocenters. The van der Waals surface area contributed by atoms with E-state index in [0.717, 1.165) is 3.57 Å². The molecule has 0 radical (unpaired) electrons. The van der Waals surface area contributed by atoms with Crippen molar-refractivity contribution < 1.29 is 9.90 Å². The highest BCUT2D eigenvalue weighted by Crippen LogP contribution is 2.17. The molecule has 4 heteroatoms. The van der Waals surface area contributed by atoms with Crippen molar-refractivity contribution in [2.45, 2.75) is 6.42 Å². The lowest BCUT2D eigenvalue weighted by molar-refractivity contribution is 0.0696. The fraction of sp³-hybridized carbons (Fsp3) is 0.111. The lowest BCUT2D eigenvalue weighted by atomic mass is 10.1. The minimum atomic E-state index is -0.983. The van der Waals surface area contributed by atoms with Crippen LogP contribution >= 0.6 is 22.6 Å². The number of carboxylic acid groups (broad SMARTS) is 1. The van der Waals surface area contributed by atoms with Crippen LogP contribution in [0.4, 0.5) is 0 Å². The van der Waals surface area contributed by atoms with Gasteiger partial charge in [-0.3, -0.25) is 0 Å². The van der Waals surface area contributed by atoms with E-state index in [-0.39, 0.29) is 12.0 Å². The molecule has 0 heterocycles. The van der Waals surface area contributed by atoms with Crippen LogP contribution in [0.3, 0.4) is 0 Å². The molecule has 0 saturated heterocycles. The molecule has 66 valence electrons. The van der Waals surface area contributed by atoms with Crippen molar-refractivity contribution in [3.63, 3.8) is 0 Å². The molecule has 0 fully saturated rings. The van der Waals surface area contributed by atoms with E-state index in [1.807, 2.05) is 28.7 Å². The first kappa shape index (κ1) is 9.99. The quantitative estimate of drug-likeness (QED) is 0.847. The number of aromatic carboxylic acids is 1. The van der Waals surface area contributed by atoms with E-state index in [4.69, 9.17) is 10.4 Å². The zero-order valence-electron chi connectivity index (χ0n) is 6.62. The SMILES string of the molecule is N#CCc1c(I)cccc1C(=O)O. The predicted octanol–water partition coefficient (Wildman–Crippen LogP) is 2.06. The van der Waals surface area contributed by atoms with Crippen LogP contribution in [0.1, 0.15) is 15.9 Å². The highest BCUT2D eigenvalue weighted by atomic mass is 127. The van der Waals surface area contributed by atoms with E-state index in [9.17, 15) is 4.79 Å². The van der Waals surface area contributed by atoms with Gasteiger partial charge in [-0.25, -0.2) is 4.79 Å². The van der Waals surface area contributed by atoms with E-state index < -0.39 is 5.97 Å². The zero-order chi connectivity index (χ0) is 9.84. The average Bonchev–Trinajstić information content (AvgIpc) is 2.08. The number of carboxylic acids is 1. The Balaban J connectivity index is 3.27. The minimum Gasteiger partial charge on any atom is -0.478 e. The van der Waals surface area contributed by atoms with Crippen molar-refractivity contribution in [1.82, 2.24) is 0 Å². The average molecular weight is 287 g/mol. The van der Waals surface area contributed by atoms with Gasteiger partial charge in [0, 0.05) is 3.57 Å². The summed E-state index contributed by atoms with van der Waals surface area (Å²) in [6.07, 6.45) is 0.140. The van der Waals surface area contributed by atoms with Crippen molar-refractivity contribution >= 4 is 28.6 Å². The summed E-state index contributed by atoms with van der Waals surface area (Å²) in [5.41, 5.74) is 0.812. The van der Waals surface area contributed by atoms with Gasteiger partial charge in [0.2, 0.25) is 0 Å². The number of halogens is 1. The number of nitriles is 1. The summed E-state index contributed by atoms with van der Waals surface area (Å²) < 4.78 is 0.819. The van der Waals surface area contributed by atoms with Gasteiger partial charge in [0.1, 0.15) is 0 Å². The highest BCUT2D eigenvalue weighted by Gasteiger charge is 2.11. The molecule has 1 rings (SSSR count). The smallest absolute Gasteiger partial charge is 0.336 e. The Morgan fingerprint density at radius 2 is 2.31 bits per heavy atom. The number of nitrogens with zero attached hydrogens (tertiary/aromatic N) is 1. The third kappa shape index (κ3) is 2.18. The Hall–Kier alpha value is -1.09.